The predicted molar refractivity (Wildman–Crippen MR) is 63.4 cm³/mol. The van der Waals surface area contributed by atoms with Crippen LogP contribution in [0.15, 0.2) is 28.0 Å². The lowest BCUT2D eigenvalue weighted by Gasteiger charge is -2.06. The van der Waals surface area contributed by atoms with Crippen LogP contribution in [0.25, 0.3) is 0 Å². The van der Waals surface area contributed by atoms with Gasteiger partial charge in [-0.1, -0.05) is 0 Å². The van der Waals surface area contributed by atoms with E-state index in [1.165, 1.54) is 4.90 Å². The molecule has 1 aromatic rings. The van der Waals surface area contributed by atoms with Gasteiger partial charge in [0.2, 0.25) is 0 Å². The second kappa shape index (κ2) is 5.44. The summed E-state index contributed by atoms with van der Waals surface area (Å²) in [7, 11) is 0. The van der Waals surface area contributed by atoms with Gasteiger partial charge in [-0.15, -0.1) is 23.5 Å². The van der Waals surface area contributed by atoms with Crippen molar-refractivity contribution in [3.05, 3.63) is 23.8 Å². The third kappa shape index (κ3) is 2.53. The maximum Gasteiger partial charge on any atom is 0.177 e. The average Bonchev–Trinajstić information content (AvgIpc) is 2.27. The van der Waals surface area contributed by atoms with Crippen LogP contribution in [0.1, 0.15) is 10.4 Å². The minimum atomic E-state index is 0.00185. The van der Waals surface area contributed by atoms with Crippen LogP contribution in [-0.4, -0.2) is 24.8 Å². The molecule has 0 aliphatic rings. The second-order valence-corrected chi connectivity index (χ2v) is 4.42. The molecule has 0 aliphatic heterocycles. The van der Waals surface area contributed by atoms with Crippen molar-refractivity contribution in [3.8, 4) is 0 Å². The Morgan fingerprint density at radius 3 is 2.57 bits per heavy atom. The summed E-state index contributed by atoms with van der Waals surface area (Å²) < 4.78 is 0. The highest BCUT2D eigenvalue weighted by atomic mass is 32.2. The van der Waals surface area contributed by atoms with Gasteiger partial charge in [-0.3, -0.25) is 4.79 Å². The number of benzene rings is 1. The number of hydrogen-bond donors (Lipinski definition) is 1. The van der Waals surface area contributed by atoms with Crippen LogP contribution in [0.4, 0.5) is 0 Å². The average molecular weight is 227 g/mol. The van der Waals surface area contributed by atoms with Crippen molar-refractivity contribution < 1.29 is 4.79 Å². The third-order valence-electron chi connectivity index (χ3n) is 1.89. The second-order valence-electron chi connectivity index (χ2n) is 2.69. The lowest BCUT2D eigenvalue weighted by molar-refractivity contribution is 0.0998. The van der Waals surface area contributed by atoms with E-state index in [1.54, 1.807) is 23.5 Å². The van der Waals surface area contributed by atoms with E-state index < -0.39 is 0 Å². The Hall–Kier alpha value is -0.450. The number of carbonyl (C=O) groups excluding carboxylic acids is 1. The quantitative estimate of drug-likeness (QED) is 0.633. The minimum Gasteiger partial charge on any atom is -0.324 e. The zero-order valence-electron chi connectivity index (χ0n) is 8.24. The minimum absolute atomic E-state index is 0.00185. The van der Waals surface area contributed by atoms with E-state index in [0.29, 0.717) is 0 Å². The molecule has 0 aliphatic carbocycles. The molecule has 2 nitrogen and oxygen atoms in total. The molecular formula is C10H13NOS2. The van der Waals surface area contributed by atoms with Crippen LogP contribution in [0.2, 0.25) is 0 Å². The monoisotopic (exact) mass is 227 g/mol. The number of thioether (sulfide) groups is 2. The zero-order chi connectivity index (χ0) is 10.6. The predicted octanol–water partition coefficient (Wildman–Crippen LogP) is 2.27. The fourth-order valence-electron chi connectivity index (χ4n) is 1.14. The highest BCUT2D eigenvalue weighted by Gasteiger charge is 2.09. The fraction of sp³-hybridized carbons (Fsp3) is 0.300. The highest BCUT2D eigenvalue weighted by Crippen LogP contribution is 2.26. The lowest BCUT2D eigenvalue weighted by Crippen LogP contribution is -2.14. The van der Waals surface area contributed by atoms with E-state index >= 15 is 0 Å². The molecule has 0 unspecified atom stereocenters. The van der Waals surface area contributed by atoms with E-state index in [4.69, 9.17) is 5.73 Å². The van der Waals surface area contributed by atoms with Gasteiger partial charge in [0.15, 0.2) is 5.78 Å². The van der Waals surface area contributed by atoms with Crippen LogP contribution in [0, 0.1) is 0 Å². The van der Waals surface area contributed by atoms with E-state index in [2.05, 4.69) is 0 Å². The van der Waals surface area contributed by atoms with E-state index in [-0.39, 0.29) is 12.3 Å². The van der Waals surface area contributed by atoms with Crippen LogP contribution >= 0.6 is 23.5 Å². The Bertz CT molecular complexity index is 339. The first-order valence-corrected chi connectivity index (χ1v) is 6.63. The van der Waals surface area contributed by atoms with Crippen LogP contribution in [0.5, 0.6) is 0 Å². The first-order chi connectivity index (χ1) is 6.72. The van der Waals surface area contributed by atoms with Crippen molar-refractivity contribution in [3.63, 3.8) is 0 Å². The summed E-state index contributed by atoms with van der Waals surface area (Å²) in [5.41, 5.74) is 6.07. The van der Waals surface area contributed by atoms with Gasteiger partial charge in [0.05, 0.1) is 6.54 Å². The summed E-state index contributed by atoms with van der Waals surface area (Å²) in [5, 5.41) is 0. The van der Waals surface area contributed by atoms with E-state index in [1.807, 2.05) is 30.7 Å². The molecule has 1 aromatic carbocycles. The van der Waals surface area contributed by atoms with Gasteiger partial charge >= 0.3 is 0 Å². The van der Waals surface area contributed by atoms with Gasteiger partial charge < -0.3 is 5.73 Å². The Morgan fingerprint density at radius 1 is 1.36 bits per heavy atom. The summed E-state index contributed by atoms with van der Waals surface area (Å²) in [6.07, 6.45) is 3.98. The van der Waals surface area contributed by atoms with Crippen molar-refractivity contribution in [1.29, 1.82) is 0 Å². The van der Waals surface area contributed by atoms with Gasteiger partial charge in [0.1, 0.15) is 0 Å². The zero-order valence-corrected chi connectivity index (χ0v) is 9.87. The summed E-state index contributed by atoms with van der Waals surface area (Å²) in [6, 6.07) is 5.83. The molecule has 0 saturated carbocycles. The molecule has 0 fully saturated rings. The van der Waals surface area contributed by atoms with Crippen LogP contribution < -0.4 is 5.73 Å². The summed E-state index contributed by atoms with van der Waals surface area (Å²) in [6.45, 7) is 0.0756. The summed E-state index contributed by atoms with van der Waals surface area (Å²) in [4.78, 5) is 13.6. The molecule has 0 radical (unpaired) electrons. The van der Waals surface area contributed by atoms with Crippen LogP contribution in [0.3, 0.4) is 0 Å². The molecule has 0 atom stereocenters. The van der Waals surface area contributed by atoms with Gasteiger partial charge in [-0.05, 0) is 30.7 Å². The Kier molecular flexibility index (Phi) is 4.51. The van der Waals surface area contributed by atoms with Gasteiger partial charge in [-0.25, -0.2) is 0 Å². The molecule has 14 heavy (non-hydrogen) atoms. The van der Waals surface area contributed by atoms with Crippen molar-refractivity contribution in [2.45, 2.75) is 9.79 Å². The molecule has 0 bridgehead atoms. The smallest absolute Gasteiger partial charge is 0.177 e. The Balaban J connectivity index is 3.11. The molecule has 2 N–H and O–H groups in total. The van der Waals surface area contributed by atoms with Crippen LogP contribution in [-0.2, 0) is 0 Å². The lowest BCUT2D eigenvalue weighted by atomic mass is 10.1. The highest BCUT2D eigenvalue weighted by molar-refractivity contribution is 7.99. The van der Waals surface area contributed by atoms with Gasteiger partial charge in [-0.2, -0.15) is 0 Å². The summed E-state index contributed by atoms with van der Waals surface area (Å²) in [5.74, 6) is 0.00185. The first kappa shape index (κ1) is 11.6. The largest absolute Gasteiger partial charge is 0.324 e. The van der Waals surface area contributed by atoms with Crippen molar-refractivity contribution in [2.24, 2.45) is 5.73 Å². The SMILES string of the molecule is CSc1ccc(C(=O)CN)c(SC)c1. The number of ketones is 1. The van der Waals surface area contributed by atoms with E-state index in [9.17, 15) is 4.79 Å². The number of nitrogens with two attached hydrogens (primary N) is 1. The number of hydrogen-bond acceptors (Lipinski definition) is 4. The maximum atomic E-state index is 11.4. The fourth-order valence-corrected chi connectivity index (χ4v) is 2.30. The molecule has 76 valence electrons. The number of Topliss-reactive ketones (excluding diaryl/α,β-unsaturated/α-hetero) is 1. The van der Waals surface area contributed by atoms with Crippen molar-refractivity contribution in [1.82, 2.24) is 0 Å². The van der Waals surface area contributed by atoms with Crippen molar-refractivity contribution in [2.75, 3.05) is 19.1 Å². The van der Waals surface area contributed by atoms with Gasteiger partial charge in [0, 0.05) is 15.4 Å². The molecule has 0 saturated heterocycles. The number of rotatable bonds is 4. The molecule has 0 spiro atoms. The van der Waals surface area contributed by atoms with Gasteiger partial charge in [0.25, 0.3) is 0 Å². The Morgan fingerprint density at radius 2 is 2.07 bits per heavy atom. The topological polar surface area (TPSA) is 43.1 Å². The van der Waals surface area contributed by atoms with E-state index in [0.717, 1.165) is 10.5 Å². The summed E-state index contributed by atoms with van der Waals surface area (Å²) >= 11 is 3.25. The third-order valence-corrected chi connectivity index (χ3v) is 3.40. The molecule has 0 heterocycles. The molecule has 1 rings (SSSR count). The Labute approximate surface area is 92.6 Å². The standard InChI is InChI=1S/C10H13NOS2/c1-13-7-3-4-8(9(12)6-11)10(5-7)14-2/h3-5H,6,11H2,1-2H3. The van der Waals surface area contributed by atoms with Crippen molar-refractivity contribution >= 4 is 29.3 Å². The molecular weight excluding hydrogens is 214 g/mol. The molecule has 0 aromatic heterocycles. The first-order valence-electron chi connectivity index (χ1n) is 4.18. The molecule has 0 amide bonds. The normalized spacial score (nSPS) is 10.2. The number of carbonyl (C=O) groups is 1. The maximum absolute atomic E-state index is 11.4. The molecule has 4 heteroatoms.